The second-order valence-electron chi connectivity index (χ2n) is 3.89. The van der Waals surface area contributed by atoms with Gasteiger partial charge in [-0.1, -0.05) is 0 Å². The average Bonchev–Trinajstić information content (AvgIpc) is 2.61. The Bertz CT molecular complexity index is 160. The molecule has 1 aliphatic heterocycles. The third kappa shape index (κ3) is 1.16. The van der Waals surface area contributed by atoms with Gasteiger partial charge in [0.2, 0.25) is 0 Å². The van der Waals surface area contributed by atoms with Crippen LogP contribution in [-0.4, -0.2) is 36.1 Å². The minimum absolute atomic E-state index is 0.196. The van der Waals surface area contributed by atoms with Crippen molar-refractivity contribution in [2.45, 2.75) is 18.9 Å². The predicted octanol–water partition coefficient (Wildman–Crippen LogP) is 0.0122. The first kappa shape index (κ1) is 8.48. The van der Waals surface area contributed by atoms with Gasteiger partial charge >= 0.3 is 0 Å². The van der Waals surface area contributed by atoms with E-state index in [9.17, 15) is 0 Å². The van der Waals surface area contributed by atoms with Crippen LogP contribution < -0.4 is 0 Å². The minimum atomic E-state index is 0.196. The summed E-state index contributed by atoms with van der Waals surface area (Å²) in [4.78, 5) is 0. The zero-order valence-electron chi connectivity index (χ0n) is 7.15. The first-order valence-electron chi connectivity index (χ1n) is 4.70. The fourth-order valence-electron chi connectivity index (χ4n) is 2.71. The molecule has 1 saturated heterocycles. The van der Waals surface area contributed by atoms with E-state index in [-0.39, 0.29) is 25.0 Å². The molecule has 12 heavy (non-hydrogen) atoms. The van der Waals surface area contributed by atoms with Crippen LogP contribution in [0.1, 0.15) is 12.8 Å². The topological polar surface area (TPSA) is 49.7 Å². The number of rotatable bonds is 2. The number of fused-ring (bicyclic) bond motifs is 1. The Morgan fingerprint density at radius 2 is 2.08 bits per heavy atom. The van der Waals surface area contributed by atoms with Crippen LogP contribution in [0.15, 0.2) is 0 Å². The Morgan fingerprint density at radius 3 is 2.75 bits per heavy atom. The lowest BCUT2D eigenvalue weighted by Gasteiger charge is -2.18. The SMILES string of the molecule is OCC1CC2OCCC2C1CO. The Hall–Kier alpha value is -0.120. The lowest BCUT2D eigenvalue weighted by atomic mass is 9.89. The van der Waals surface area contributed by atoms with E-state index in [0.29, 0.717) is 12.0 Å². The number of hydrogen-bond donors (Lipinski definition) is 2. The van der Waals surface area contributed by atoms with Gasteiger partial charge in [-0.25, -0.2) is 0 Å². The van der Waals surface area contributed by atoms with E-state index in [1.54, 1.807) is 0 Å². The molecule has 3 nitrogen and oxygen atoms in total. The van der Waals surface area contributed by atoms with E-state index >= 15 is 0 Å². The third-order valence-electron chi connectivity index (χ3n) is 3.40. The summed E-state index contributed by atoms with van der Waals surface area (Å²) in [5.74, 6) is 1.06. The molecule has 0 radical (unpaired) electrons. The summed E-state index contributed by atoms with van der Waals surface area (Å²) >= 11 is 0. The van der Waals surface area contributed by atoms with Crippen LogP contribution in [0.4, 0.5) is 0 Å². The highest BCUT2D eigenvalue weighted by atomic mass is 16.5. The lowest BCUT2D eigenvalue weighted by molar-refractivity contribution is 0.0933. The molecule has 1 aliphatic carbocycles. The molecule has 2 fully saturated rings. The van der Waals surface area contributed by atoms with E-state index in [1.807, 2.05) is 0 Å². The second kappa shape index (κ2) is 3.32. The maximum Gasteiger partial charge on any atom is 0.0611 e. The fourth-order valence-corrected chi connectivity index (χ4v) is 2.71. The maximum atomic E-state index is 9.15. The summed E-state index contributed by atoms with van der Waals surface area (Å²) in [5, 5.41) is 18.2. The Morgan fingerprint density at radius 1 is 1.25 bits per heavy atom. The molecule has 0 aromatic carbocycles. The highest BCUT2D eigenvalue weighted by molar-refractivity contribution is 4.93. The van der Waals surface area contributed by atoms with Crippen molar-refractivity contribution in [1.29, 1.82) is 0 Å². The van der Waals surface area contributed by atoms with E-state index in [4.69, 9.17) is 14.9 Å². The molecule has 2 rings (SSSR count). The van der Waals surface area contributed by atoms with Crippen molar-refractivity contribution in [1.82, 2.24) is 0 Å². The summed E-state index contributed by atoms with van der Waals surface area (Å²) in [6.45, 7) is 1.24. The molecule has 3 heteroatoms. The van der Waals surface area contributed by atoms with Crippen molar-refractivity contribution in [3.05, 3.63) is 0 Å². The molecule has 70 valence electrons. The van der Waals surface area contributed by atoms with Gasteiger partial charge < -0.3 is 14.9 Å². The normalized spacial score (nSPS) is 46.5. The molecule has 0 bridgehead atoms. The van der Waals surface area contributed by atoms with Gasteiger partial charge in [-0.05, 0) is 30.6 Å². The first-order valence-corrected chi connectivity index (χ1v) is 4.70. The van der Waals surface area contributed by atoms with Crippen LogP contribution in [-0.2, 0) is 4.74 Å². The first-order chi connectivity index (χ1) is 5.86. The number of aliphatic hydroxyl groups excluding tert-OH is 2. The summed E-state index contributed by atoms with van der Waals surface area (Å²) in [6.07, 6.45) is 2.32. The highest BCUT2D eigenvalue weighted by Gasteiger charge is 2.45. The zero-order chi connectivity index (χ0) is 8.55. The number of ether oxygens (including phenoxy) is 1. The average molecular weight is 172 g/mol. The summed E-state index contributed by atoms with van der Waals surface area (Å²) in [5.41, 5.74) is 0. The van der Waals surface area contributed by atoms with Gasteiger partial charge in [-0.15, -0.1) is 0 Å². The van der Waals surface area contributed by atoms with Crippen LogP contribution in [0.25, 0.3) is 0 Å². The van der Waals surface area contributed by atoms with Gasteiger partial charge in [-0.3, -0.25) is 0 Å². The van der Waals surface area contributed by atoms with Crippen LogP contribution in [0, 0.1) is 17.8 Å². The number of aliphatic hydroxyl groups is 2. The quantitative estimate of drug-likeness (QED) is 0.617. The van der Waals surface area contributed by atoms with E-state index < -0.39 is 0 Å². The second-order valence-corrected chi connectivity index (χ2v) is 3.89. The molecule has 0 aromatic heterocycles. The highest BCUT2D eigenvalue weighted by Crippen LogP contribution is 2.43. The van der Waals surface area contributed by atoms with Crippen molar-refractivity contribution in [2.24, 2.45) is 17.8 Å². The van der Waals surface area contributed by atoms with Gasteiger partial charge in [0, 0.05) is 19.8 Å². The Balaban J connectivity index is 2.05. The molecular weight excluding hydrogens is 156 g/mol. The van der Waals surface area contributed by atoms with E-state index in [2.05, 4.69) is 0 Å². The van der Waals surface area contributed by atoms with Crippen LogP contribution in [0.3, 0.4) is 0 Å². The lowest BCUT2D eigenvalue weighted by Crippen LogP contribution is -2.22. The molecule has 1 heterocycles. The zero-order valence-corrected chi connectivity index (χ0v) is 7.15. The van der Waals surface area contributed by atoms with Crippen LogP contribution >= 0.6 is 0 Å². The molecule has 0 spiro atoms. The Labute approximate surface area is 72.3 Å². The van der Waals surface area contributed by atoms with Crippen LogP contribution in [0.5, 0.6) is 0 Å². The van der Waals surface area contributed by atoms with Crippen LogP contribution in [0.2, 0.25) is 0 Å². The van der Waals surface area contributed by atoms with Crippen molar-refractivity contribution in [3.63, 3.8) is 0 Å². The summed E-state index contributed by atoms with van der Waals surface area (Å²) in [7, 11) is 0. The van der Waals surface area contributed by atoms with Crippen molar-refractivity contribution in [3.8, 4) is 0 Å². The van der Waals surface area contributed by atoms with Gasteiger partial charge in [-0.2, -0.15) is 0 Å². The molecule has 2 N–H and O–H groups in total. The largest absolute Gasteiger partial charge is 0.396 e. The monoisotopic (exact) mass is 172 g/mol. The maximum absolute atomic E-state index is 9.15. The molecule has 0 amide bonds. The van der Waals surface area contributed by atoms with Gasteiger partial charge in [0.05, 0.1) is 6.10 Å². The fraction of sp³-hybridized carbons (Fsp3) is 1.00. The van der Waals surface area contributed by atoms with Crippen molar-refractivity contribution < 1.29 is 14.9 Å². The molecular formula is C9H16O3. The molecule has 0 aromatic rings. The minimum Gasteiger partial charge on any atom is -0.396 e. The van der Waals surface area contributed by atoms with Gasteiger partial charge in [0.15, 0.2) is 0 Å². The van der Waals surface area contributed by atoms with E-state index in [1.165, 1.54) is 0 Å². The van der Waals surface area contributed by atoms with Crippen molar-refractivity contribution in [2.75, 3.05) is 19.8 Å². The van der Waals surface area contributed by atoms with Crippen molar-refractivity contribution >= 4 is 0 Å². The third-order valence-corrected chi connectivity index (χ3v) is 3.40. The predicted molar refractivity (Wildman–Crippen MR) is 43.6 cm³/mol. The molecule has 4 atom stereocenters. The Kier molecular flexibility index (Phi) is 2.35. The van der Waals surface area contributed by atoms with Gasteiger partial charge in [0.1, 0.15) is 0 Å². The van der Waals surface area contributed by atoms with Gasteiger partial charge in [0.25, 0.3) is 0 Å². The smallest absolute Gasteiger partial charge is 0.0611 e. The molecule has 2 aliphatic rings. The molecule has 1 saturated carbocycles. The molecule has 4 unspecified atom stereocenters. The summed E-state index contributed by atoms with van der Waals surface area (Å²) < 4.78 is 5.52. The van der Waals surface area contributed by atoms with E-state index in [0.717, 1.165) is 19.4 Å². The number of hydrogen-bond acceptors (Lipinski definition) is 3. The summed E-state index contributed by atoms with van der Waals surface area (Å²) in [6, 6.07) is 0. The standard InChI is InChI=1S/C9H16O3/c10-4-6-3-9-7(1-2-12-9)8(6)5-11/h6-11H,1-5H2.